The summed E-state index contributed by atoms with van der Waals surface area (Å²) < 4.78 is 0. The Morgan fingerprint density at radius 3 is 2.09 bits per heavy atom. The molecule has 1 heteroatoms. The van der Waals surface area contributed by atoms with E-state index < -0.39 is 0 Å². The maximum atomic E-state index is 10.7. The molecule has 1 unspecified atom stereocenters. The molecule has 0 radical (unpaired) electrons. The van der Waals surface area contributed by atoms with E-state index in [1.807, 2.05) is 0 Å². The maximum absolute atomic E-state index is 10.7. The minimum absolute atomic E-state index is 0.328. The van der Waals surface area contributed by atoms with E-state index in [1.54, 1.807) is 6.92 Å². The summed E-state index contributed by atoms with van der Waals surface area (Å²) in [5.41, 5.74) is 0.946. The van der Waals surface area contributed by atoms with Crippen LogP contribution in [0.4, 0.5) is 0 Å². The normalized spacial score (nSPS) is 33.5. The second-order valence-electron chi connectivity index (χ2n) is 4.82. The first-order chi connectivity index (χ1) is 4.87. The number of hydrogen-bond acceptors (Lipinski definition) is 1. The van der Waals surface area contributed by atoms with E-state index >= 15 is 0 Å². The summed E-state index contributed by atoms with van der Waals surface area (Å²) >= 11 is 0. The molecule has 0 heterocycles. The lowest BCUT2D eigenvalue weighted by molar-refractivity contribution is -0.117. The van der Waals surface area contributed by atoms with Crippen molar-refractivity contribution >= 4 is 5.78 Å². The summed E-state index contributed by atoms with van der Waals surface area (Å²) in [6, 6.07) is 0. The van der Waals surface area contributed by atoms with Gasteiger partial charge in [-0.3, -0.25) is 0 Å². The van der Waals surface area contributed by atoms with Gasteiger partial charge in [-0.25, -0.2) is 0 Å². The largest absolute Gasteiger partial charge is 0.300 e. The van der Waals surface area contributed by atoms with Gasteiger partial charge in [-0.15, -0.1) is 0 Å². The molecule has 1 nitrogen and oxygen atoms in total. The fourth-order valence-electron chi connectivity index (χ4n) is 1.81. The van der Waals surface area contributed by atoms with Gasteiger partial charge in [0.05, 0.1) is 0 Å². The van der Waals surface area contributed by atoms with E-state index in [2.05, 4.69) is 20.8 Å². The fraction of sp³-hybridized carbons (Fsp3) is 0.900. The summed E-state index contributed by atoms with van der Waals surface area (Å²) in [4.78, 5) is 10.7. The number of hydrogen-bond donors (Lipinski definition) is 0. The zero-order valence-electron chi connectivity index (χ0n) is 8.03. The monoisotopic (exact) mass is 154 g/mol. The second kappa shape index (κ2) is 2.33. The molecule has 0 aromatic heterocycles. The minimum atomic E-state index is 0.328. The highest BCUT2D eigenvalue weighted by Crippen LogP contribution is 2.65. The topological polar surface area (TPSA) is 17.1 Å². The van der Waals surface area contributed by atoms with E-state index in [1.165, 1.54) is 6.42 Å². The number of carbonyl (C=O) groups is 1. The van der Waals surface area contributed by atoms with Crippen LogP contribution in [0.1, 0.15) is 47.0 Å². The van der Waals surface area contributed by atoms with E-state index in [-0.39, 0.29) is 0 Å². The predicted octanol–water partition coefficient (Wildman–Crippen LogP) is 2.79. The molecule has 1 rings (SSSR count). The van der Waals surface area contributed by atoms with E-state index in [9.17, 15) is 4.79 Å². The first-order valence-corrected chi connectivity index (χ1v) is 4.37. The molecule has 1 aliphatic carbocycles. The lowest BCUT2D eigenvalue weighted by Gasteiger charge is -2.12. The maximum Gasteiger partial charge on any atom is 0.129 e. The Labute approximate surface area is 69.2 Å². The quantitative estimate of drug-likeness (QED) is 0.611. The Hall–Kier alpha value is -0.330. The van der Waals surface area contributed by atoms with Gasteiger partial charge >= 0.3 is 0 Å². The minimum Gasteiger partial charge on any atom is -0.300 e. The third kappa shape index (κ3) is 1.63. The molecule has 1 fully saturated rings. The first kappa shape index (κ1) is 8.76. The van der Waals surface area contributed by atoms with Crippen LogP contribution in [0.3, 0.4) is 0 Å². The molecule has 1 atom stereocenters. The van der Waals surface area contributed by atoms with Gasteiger partial charge in [0.2, 0.25) is 0 Å². The van der Waals surface area contributed by atoms with Crippen molar-refractivity contribution in [2.24, 2.45) is 10.8 Å². The van der Waals surface area contributed by atoms with Crippen molar-refractivity contribution in [3.05, 3.63) is 0 Å². The van der Waals surface area contributed by atoms with Gasteiger partial charge in [-0.1, -0.05) is 20.8 Å². The molecular formula is C10H18O. The average molecular weight is 154 g/mol. The summed E-state index contributed by atoms with van der Waals surface area (Å²) in [6.45, 7) is 8.54. The predicted molar refractivity (Wildman–Crippen MR) is 46.4 cm³/mol. The van der Waals surface area contributed by atoms with Gasteiger partial charge in [0.25, 0.3) is 0 Å². The number of ketones is 1. The Morgan fingerprint density at radius 2 is 1.82 bits per heavy atom. The van der Waals surface area contributed by atoms with Crippen LogP contribution in [0.15, 0.2) is 0 Å². The molecule has 1 saturated carbocycles. The molecule has 0 spiro atoms. The molecule has 0 N–H and O–H groups in total. The second-order valence-corrected chi connectivity index (χ2v) is 4.82. The van der Waals surface area contributed by atoms with E-state index in [0.29, 0.717) is 16.6 Å². The number of carbonyl (C=O) groups excluding carboxylic acids is 1. The lowest BCUT2D eigenvalue weighted by atomic mass is 9.92. The highest BCUT2D eigenvalue weighted by molar-refractivity contribution is 5.75. The number of rotatable bonds is 3. The first-order valence-electron chi connectivity index (χ1n) is 4.37. The van der Waals surface area contributed by atoms with Crippen molar-refractivity contribution < 1.29 is 4.79 Å². The molecule has 0 saturated heterocycles. The molecule has 64 valence electrons. The van der Waals surface area contributed by atoms with Crippen LogP contribution in [0.2, 0.25) is 0 Å². The van der Waals surface area contributed by atoms with Gasteiger partial charge in [-0.2, -0.15) is 0 Å². The van der Waals surface area contributed by atoms with Crippen LogP contribution < -0.4 is 0 Å². The molecule has 11 heavy (non-hydrogen) atoms. The SMILES string of the molecule is CC(=O)CCC1(C)CC1(C)C. The van der Waals surface area contributed by atoms with Crippen molar-refractivity contribution in [1.82, 2.24) is 0 Å². The highest BCUT2D eigenvalue weighted by Gasteiger charge is 2.56. The van der Waals surface area contributed by atoms with Crippen molar-refractivity contribution in [1.29, 1.82) is 0 Å². The molecule has 0 aromatic carbocycles. The Kier molecular flexibility index (Phi) is 1.85. The molecule has 0 aromatic rings. The van der Waals surface area contributed by atoms with Crippen molar-refractivity contribution in [3.8, 4) is 0 Å². The third-order valence-electron chi connectivity index (χ3n) is 3.37. The van der Waals surface area contributed by atoms with Crippen LogP contribution in [0, 0.1) is 10.8 Å². The fourth-order valence-corrected chi connectivity index (χ4v) is 1.81. The Balaban J connectivity index is 2.35. The van der Waals surface area contributed by atoms with Crippen molar-refractivity contribution in [2.45, 2.75) is 47.0 Å². The van der Waals surface area contributed by atoms with Crippen molar-refractivity contribution in [2.75, 3.05) is 0 Å². The summed E-state index contributed by atoms with van der Waals surface area (Å²) in [5.74, 6) is 0.328. The van der Waals surface area contributed by atoms with E-state index in [0.717, 1.165) is 12.8 Å². The van der Waals surface area contributed by atoms with Gasteiger partial charge in [0, 0.05) is 6.42 Å². The summed E-state index contributed by atoms with van der Waals surface area (Å²) in [6.07, 6.45) is 3.13. The zero-order valence-corrected chi connectivity index (χ0v) is 8.03. The van der Waals surface area contributed by atoms with Gasteiger partial charge in [-0.05, 0) is 30.6 Å². The standard InChI is InChI=1S/C10H18O/c1-8(11)5-6-10(4)7-9(10,2)3/h5-7H2,1-4H3. The molecular weight excluding hydrogens is 136 g/mol. The van der Waals surface area contributed by atoms with Gasteiger partial charge in [0.15, 0.2) is 0 Å². The third-order valence-corrected chi connectivity index (χ3v) is 3.37. The highest BCUT2D eigenvalue weighted by atomic mass is 16.1. The molecule has 1 aliphatic rings. The van der Waals surface area contributed by atoms with Crippen molar-refractivity contribution in [3.63, 3.8) is 0 Å². The molecule has 0 amide bonds. The van der Waals surface area contributed by atoms with Crippen LogP contribution in [-0.2, 0) is 4.79 Å². The smallest absolute Gasteiger partial charge is 0.129 e. The van der Waals surface area contributed by atoms with Gasteiger partial charge < -0.3 is 4.79 Å². The van der Waals surface area contributed by atoms with Crippen LogP contribution in [-0.4, -0.2) is 5.78 Å². The summed E-state index contributed by atoms with van der Waals surface area (Å²) in [7, 11) is 0. The van der Waals surface area contributed by atoms with Crippen LogP contribution in [0.25, 0.3) is 0 Å². The Bertz CT molecular complexity index is 181. The number of Topliss-reactive ketones (excluding diaryl/α,β-unsaturated/α-hetero) is 1. The zero-order chi connectivity index (χ0) is 8.70. The lowest BCUT2D eigenvalue weighted by Crippen LogP contribution is -2.05. The average Bonchev–Trinajstić information content (AvgIpc) is 2.29. The molecule has 0 aliphatic heterocycles. The van der Waals surface area contributed by atoms with E-state index in [4.69, 9.17) is 0 Å². The summed E-state index contributed by atoms with van der Waals surface area (Å²) in [5, 5.41) is 0. The van der Waals surface area contributed by atoms with Gasteiger partial charge in [0.1, 0.15) is 5.78 Å². The molecule has 0 bridgehead atoms. The van der Waals surface area contributed by atoms with Crippen LogP contribution >= 0.6 is 0 Å². The van der Waals surface area contributed by atoms with Crippen LogP contribution in [0.5, 0.6) is 0 Å². The Morgan fingerprint density at radius 1 is 1.36 bits per heavy atom.